The first-order valence-electron chi connectivity index (χ1n) is 8.09. The zero-order chi connectivity index (χ0) is 13.5. The summed E-state index contributed by atoms with van der Waals surface area (Å²) in [4.78, 5) is 0. The van der Waals surface area contributed by atoms with E-state index in [1.807, 2.05) is 0 Å². The average Bonchev–Trinajstić information content (AvgIpc) is 2.89. The van der Waals surface area contributed by atoms with Crippen LogP contribution in [0.3, 0.4) is 0 Å². The topological polar surface area (TPSA) is 43.8 Å². The lowest BCUT2D eigenvalue weighted by molar-refractivity contribution is 0.328. The van der Waals surface area contributed by atoms with E-state index in [1.165, 1.54) is 50.6 Å². The molecule has 108 valence electrons. The molecule has 1 fully saturated rings. The molecule has 2 rings (SSSR count). The van der Waals surface area contributed by atoms with Gasteiger partial charge in [-0.25, -0.2) is 0 Å². The molecule has 19 heavy (non-hydrogen) atoms. The van der Waals surface area contributed by atoms with Crippen molar-refractivity contribution in [1.82, 2.24) is 9.78 Å². The van der Waals surface area contributed by atoms with E-state index in [0.29, 0.717) is 12.1 Å². The zero-order valence-corrected chi connectivity index (χ0v) is 12.4. The van der Waals surface area contributed by atoms with Gasteiger partial charge in [-0.15, -0.1) is 0 Å². The quantitative estimate of drug-likeness (QED) is 0.812. The lowest BCUT2D eigenvalue weighted by Gasteiger charge is -2.21. The van der Waals surface area contributed by atoms with Crippen molar-refractivity contribution >= 4 is 0 Å². The molecule has 1 heterocycles. The summed E-state index contributed by atoms with van der Waals surface area (Å²) in [6, 6.07) is 3.23. The van der Waals surface area contributed by atoms with E-state index >= 15 is 0 Å². The summed E-state index contributed by atoms with van der Waals surface area (Å²) in [6.45, 7) is 2.20. The molecule has 0 saturated heterocycles. The van der Waals surface area contributed by atoms with Crippen molar-refractivity contribution in [3.05, 3.63) is 18.0 Å². The molecule has 0 bridgehead atoms. The van der Waals surface area contributed by atoms with Crippen LogP contribution in [0.4, 0.5) is 0 Å². The molecule has 3 heteroatoms. The van der Waals surface area contributed by atoms with Gasteiger partial charge in [0.15, 0.2) is 0 Å². The summed E-state index contributed by atoms with van der Waals surface area (Å²) in [5.74, 6) is 0. The second-order valence-electron chi connectivity index (χ2n) is 6.02. The fourth-order valence-electron chi connectivity index (χ4n) is 3.12. The molecule has 1 aliphatic carbocycles. The van der Waals surface area contributed by atoms with Gasteiger partial charge in [0.05, 0.1) is 11.7 Å². The molecule has 1 saturated carbocycles. The molecule has 1 atom stereocenters. The minimum Gasteiger partial charge on any atom is -0.328 e. The van der Waals surface area contributed by atoms with Gasteiger partial charge >= 0.3 is 0 Å². The van der Waals surface area contributed by atoms with Crippen molar-refractivity contribution < 1.29 is 0 Å². The van der Waals surface area contributed by atoms with Crippen LogP contribution >= 0.6 is 0 Å². The Balaban J connectivity index is 1.74. The zero-order valence-electron chi connectivity index (χ0n) is 12.4. The fourth-order valence-corrected chi connectivity index (χ4v) is 3.12. The van der Waals surface area contributed by atoms with Crippen molar-refractivity contribution in [3.8, 4) is 0 Å². The van der Waals surface area contributed by atoms with Crippen LogP contribution in [-0.4, -0.2) is 15.8 Å². The van der Waals surface area contributed by atoms with Gasteiger partial charge in [0.2, 0.25) is 0 Å². The van der Waals surface area contributed by atoms with Crippen LogP contribution in [0.25, 0.3) is 0 Å². The number of hydrogen-bond donors (Lipinski definition) is 1. The van der Waals surface area contributed by atoms with E-state index in [2.05, 4.69) is 23.9 Å². The normalized spacial score (nSPS) is 18.6. The highest BCUT2D eigenvalue weighted by molar-refractivity contribution is 5.00. The third-order valence-corrected chi connectivity index (χ3v) is 4.28. The molecule has 1 aromatic rings. The Morgan fingerprint density at radius 3 is 2.84 bits per heavy atom. The minimum absolute atomic E-state index is 0.380. The summed E-state index contributed by atoms with van der Waals surface area (Å²) < 4.78 is 2.21. The molecular formula is C16H29N3. The highest BCUT2D eigenvalue weighted by Gasteiger charge is 2.15. The molecule has 2 N–H and O–H groups in total. The molecule has 0 aliphatic heterocycles. The van der Waals surface area contributed by atoms with Crippen LogP contribution in [0.1, 0.15) is 76.4 Å². The second-order valence-corrected chi connectivity index (χ2v) is 6.02. The lowest BCUT2D eigenvalue weighted by atomic mass is 9.96. The maximum atomic E-state index is 6.04. The van der Waals surface area contributed by atoms with Gasteiger partial charge in [0.1, 0.15) is 0 Å². The number of hydrogen-bond acceptors (Lipinski definition) is 2. The number of rotatable bonds is 7. The lowest BCUT2D eigenvalue weighted by Crippen LogP contribution is -2.19. The van der Waals surface area contributed by atoms with Crippen LogP contribution in [0, 0.1) is 0 Å². The Bertz CT molecular complexity index is 353. The molecule has 0 aromatic carbocycles. The molecule has 0 amide bonds. The SMILES string of the molecule is CCCC(N)CCCc1ccn(C2CCCCC2)n1. The Labute approximate surface area is 117 Å². The molecule has 0 spiro atoms. The van der Waals surface area contributed by atoms with Gasteiger partial charge in [-0.05, 0) is 44.6 Å². The fraction of sp³-hybridized carbons (Fsp3) is 0.812. The Hall–Kier alpha value is -0.830. The molecule has 3 nitrogen and oxygen atoms in total. The summed E-state index contributed by atoms with van der Waals surface area (Å²) >= 11 is 0. The van der Waals surface area contributed by atoms with Gasteiger partial charge in [-0.1, -0.05) is 32.6 Å². The van der Waals surface area contributed by atoms with E-state index in [-0.39, 0.29) is 0 Å². The predicted octanol–water partition coefficient (Wildman–Crippen LogP) is 3.84. The summed E-state index contributed by atoms with van der Waals surface area (Å²) in [5, 5.41) is 4.75. The number of nitrogens with two attached hydrogens (primary N) is 1. The highest BCUT2D eigenvalue weighted by Crippen LogP contribution is 2.27. The van der Waals surface area contributed by atoms with Gasteiger partial charge in [-0.3, -0.25) is 4.68 Å². The van der Waals surface area contributed by atoms with Gasteiger partial charge in [0.25, 0.3) is 0 Å². The molecule has 1 aromatic heterocycles. The minimum atomic E-state index is 0.380. The van der Waals surface area contributed by atoms with Crippen molar-refractivity contribution in [2.45, 2.75) is 83.2 Å². The third kappa shape index (κ3) is 4.64. The smallest absolute Gasteiger partial charge is 0.0624 e. The summed E-state index contributed by atoms with van der Waals surface area (Å²) in [7, 11) is 0. The summed E-state index contributed by atoms with van der Waals surface area (Å²) in [5.41, 5.74) is 7.29. The molecule has 1 aliphatic rings. The van der Waals surface area contributed by atoms with E-state index in [0.717, 1.165) is 19.3 Å². The Morgan fingerprint density at radius 2 is 2.11 bits per heavy atom. The van der Waals surface area contributed by atoms with E-state index in [1.54, 1.807) is 0 Å². The van der Waals surface area contributed by atoms with Crippen LogP contribution < -0.4 is 5.73 Å². The third-order valence-electron chi connectivity index (χ3n) is 4.28. The number of aryl methyl sites for hydroxylation is 1. The second kappa shape index (κ2) is 7.68. The first-order valence-corrected chi connectivity index (χ1v) is 8.09. The Morgan fingerprint density at radius 1 is 1.32 bits per heavy atom. The predicted molar refractivity (Wildman–Crippen MR) is 80.2 cm³/mol. The average molecular weight is 263 g/mol. The summed E-state index contributed by atoms with van der Waals surface area (Å²) in [6.07, 6.45) is 14.7. The van der Waals surface area contributed by atoms with E-state index in [4.69, 9.17) is 10.8 Å². The number of nitrogens with zero attached hydrogens (tertiary/aromatic N) is 2. The van der Waals surface area contributed by atoms with E-state index < -0.39 is 0 Å². The monoisotopic (exact) mass is 263 g/mol. The van der Waals surface area contributed by atoms with Gasteiger partial charge in [0, 0.05) is 12.2 Å². The number of aromatic nitrogens is 2. The van der Waals surface area contributed by atoms with Crippen molar-refractivity contribution in [1.29, 1.82) is 0 Å². The van der Waals surface area contributed by atoms with Crippen LogP contribution in [-0.2, 0) is 6.42 Å². The van der Waals surface area contributed by atoms with Crippen LogP contribution in [0.5, 0.6) is 0 Å². The maximum absolute atomic E-state index is 6.04. The molecule has 0 radical (unpaired) electrons. The maximum Gasteiger partial charge on any atom is 0.0624 e. The van der Waals surface area contributed by atoms with Gasteiger partial charge < -0.3 is 5.73 Å². The molecular weight excluding hydrogens is 234 g/mol. The molecule has 1 unspecified atom stereocenters. The first-order chi connectivity index (χ1) is 9.29. The van der Waals surface area contributed by atoms with Crippen LogP contribution in [0.15, 0.2) is 12.3 Å². The van der Waals surface area contributed by atoms with Crippen molar-refractivity contribution in [2.75, 3.05) is 0 Å². The van der Waals surface area contributed by atoms with E-state index in [9.17, 15) is 0 Å². The van der Waals surface area contributed by atoms with Gasteiger partial charge in [-0.2, -0.15) is 5.10 Å². The largest absolute Gasteiger partial charge is 0.328 e. The Kier molecular flexibility index (Phi) is 5.90. The van der Waals surface area contributed by atoms with Crippen molar-refractivity contribution in [3.63, 3.8) is 0 Å². The first kappa shape index (κ1) is 14.6. The van der Waals surface area contributed by atoms with Crippen molar-refractivity contribution in [2.24, 2.45) is 5.73 Å². The highest BCUT2D eigenvalue weighted by atomic mass is 15.3. The standard InChI is InChI=1S/C16H29N3/c1-2-7-14(17)8-6-9-15-12-13-19(18-15)16-10-4-3-5-11-16/h12-14,16H,2-11,17H2,1H3. The van der Waals surface area contributed by atoms with Crippen LogP contribution in [0.2, 0.25) is 0 Å².